The standard InChI is InChI=1S/C7H16N2.Li/c1-6(8-3)5-7(2)9-4;/h6-7H,5H2,1-4H3;/q-2;+1. The summed E-state index contributed by atoms with van der Waals surface area (Å²) in [6.45, 7) is 4.23. The summed E-state index contributed by atoms with van der Waals surface area (Å²) in [5.41, 5.74) is 0. The zero-order valence-corrected chi connectivity index (χ0v) is 7.76. The van der Waals surface area contributed by atoms with E-state index in [-0.39, 0.29) is 18.9 Å². The van der Waals surface area contributed by atoms with E-state index in [1.165, 1.54) is 0 Å². The van der Waals surface area contributed by atoms with Crippen molar-refractivity contribution in [2.24, 2.45) is 0 Å². The molecular formula is C7H16LiN2-. The molecule has 2 unspecified atom stereocenters. The first-order chi connectivity index (χ1) is 4.20. The van der Waals surface area contributed by atoms with Crippen LogP contribution in [0.3, 0.4) is 0 Å². The zero-order valence-electron chi connectivity index (χ0n) is 7.76. The van der Waals surface area contributed by atoms with Gasteiger partial charge in [-0.2, -0.15) is 14.1 Å². The van der Waals surface area contributed by atoms with Gasteiger partial charge in [0.15, 0.2) is 0 Å². The molecule has 0 aliphatic carbocycles. The second-order valence-corrected chi connectivity index (χ2v) is 2.45. The Kier molecular flexibility index (Phi) is 10.0. The molecular weight excluding hydrogens is 119 g/mol. The largest absolute Gasteiger partial charge is 1.00 e. The van der Waals surface area contributed by atoms with Crippen molar-refractivity contribution in [1.82, 2.24) is 0 Å². The summed E-state index contributed by atoms with van der Waals surface area (Å²) in [6, 6.07) is 0.924. The van der Waals surface area contributed by atoms with Crippen molar-refractivity contribution in [3.63, 3.8) is 0 Å². The van der Waals surface area contributed by atoms with Gasteiger partial charge in [0.2, 0.25) is 0 Å². The molecule has 0 aromatic heterocycles. The first-order valence-electron chi connectivity index (χ1n) is 3.38. The van der Waals surface area contributed by atoms with E-state index < -0.39 is 0 Å². The minimum absolute atomic E-state index is 0. The quantitative estimate of drug-likeness (QED) is 0.450. The second-order valence-electron chi connectivity index (χ2n) is 2.45. The van der Waals surface area contributed by atoms with Gasteiger partial charge in [-0.1, -0.05) is 20.3 Å². The maximum Gasteiger partial charge on any atom is 1.00 e. The van der Waals surface area contributed by atoms with Crippen LogP contribution in [0.5, 0.6) is 0 Å². The van der Waals surface area contributed by atoms with Crippen LogP contribution in [0.1, 0.15) is 20.3 Å². The zero-order chi connectivity index (χ0) is 7.28. The van der Waals surface area contributed by atoms with Crippen molar-refractivity contribution in [2.75, 3.05) is 14.1 Å². The van der Waals surface area contributed by atoms with E-state index in [9.17, 15) is 0 Å². The fourth-order valence-corrected chi connectivity index (χ4v) is 0.704. The van der Waals surface area contributed by atoms with Gasteiger partial charge in [0.1, 0.15) is 0 Å². The SMILES string of the molecule is C[N-]C(C)CC(C)[N-]C.[Li+]. The van der Waals surface area contributed by atoms with Crippen LogP contribution in [0.4, 0.5) is 0 Å². The van der Waals surface area contributed by atoms with Gasteiger partial charge >= 0.3 is 18.9 Å². The molecule has 0 radical (unpaired) electrons. The van der Waals surface area contributed by atoms with Crippen LogP contribution in [0.15, 0.2) is 0 Å². The Balaban J connectivity index is 0. The molecule has 0 bridgehead atoms. The molecule has 2 nitrogen and oxygen atoms in total. The van der Waals surface area contributed by atoms with Crippen molar-refractivity contribution in [2.45, 2.75) is 32.4 Å². The van der Waals surface area contributed by atoms with Crippen LogP contribution in [0, 0.1) is 0 Å². The van der Waals surface area contributed by atoms with Crippen molar-refractivity contribution >= 4 is 0 Å². The van der Waals surface area contributed by atoms with Gasteiger partial charge in [-0.3, -0.25) is 0 Å². The molecule has 0 fully saturated rings. The summed E-state index contributed by atoms with van der Waals surface area (Å²) in [5.74, 6) is 0. The Morgan fingerprint density at radius 3 is 1.50 bits per heavy atom. The maximum absolute atomic E-state index is 4.12. The van der Waals surface area contributed by atoms with Gasteiger partial charge in [-0.25, -0.2) is 0 Å². The van der Waals surface area contributed by atoms with Crippen LogP contribution in [-0.2, 0) is 0 Å². The summed E-state index contributed by atoms with van der Waals surface area (Å²) in [7, 11) is 3.71. The molecule has 10 heavy (non-hydrogen) atoms. The van der Waals surface area contributed by atoms with Gasteiger partial charge < -0.3 is 10.6 Å². The average Bonchev–Trinajstić information content (AvgIpc) is 1.87. The summed E-state index contributed by atoms with van der Waals surface area (Å²) in [5, 5.41) is 8.23. The van der Waals surface area contributed by atoms with Crippen molar-refractivity contribution in [3.8, 4) is 0 Å². The molecule has 0 saturated carbocycles. The summed E-state index contributed by atoms with van der Waals surface area (Å²) in [4.78, 5) is 0. The van der Waals surface area contributed by atoms with Crippen LogP contribution in [-0.4, -0.2) is 26.2 Å². The smallest absolute Gasteiger partial charge is 0.663 e. The Morgan fingerprint density at radius 2 is 1.30 bits per heavy atom. The topological polar surface area (TPSA) is 28.2 Å². The van der Waals surface area contributed by atoms with Crippen LogP contribution >= 0.6 is 0 Å². The first kappa shape index (κ1) is 13.1. The predicted molar refractivity (Wildman–Crippen MR) is 42.1 cm³/mol. The summed E-state index contributed by atoms with van der Waals surface area (Å²) < 4.78 is 0. The summed E-state index contributed by atoms with van der Waals surface area (Å²) >= 11 is 0. The molecule has 3 heteroatoms. The van der Waals surface area contributed by atoms with Crippen molar-refractivity contribution < 1.29 is 18.9 Å². The average molecular weight is 135 g/mol. The van der Waals surface area contributed by atoms with Crippen molar-refractivity contribution in [3.05, 3.63) is 10.6 Å². The van der Waals surface area contributed by atoms with Gasteiger partial charge in [0, 0.05) is 0 Å². The van der Waals surface area contributed by atoms with E-state index in [4.69, 9.17) is 0 Å². The van der Waals surface area contributed by atoms with Crippen LogP contribution in [0.25, 0.3) is 10.6 Å². The normalized spacial score (nSPS) is 15.6. The Morgan fingerprint density at radius 1 is 1.00 bits per heavy atom. The predicted octanol–water partition coefficient (Wildman–Crippen LogP) is -0.835. The minimum atomic E-state index is 0. The first-order valence-corrected chi connectivity index (χ1v) is 3.38. The number of nitrogens with zero attached hydrogens (tertiary/aromatic N) is 2. The van der Waals surface area contributed by atoms with Crippen molar-refractivity contribution in [1.29, 1.82) is 0 Å². The van der Waals surface area contributed by atoms with Gasteiger partial charge in [0.05, 0.1) is 0 Å². The molecule has 0 aliphatic rings. The molecule has 0 saturated heterocycles. The molecule has 56 valence electrons. The molecule has 0 N–H and O–H groups in total. The maximum atomic E-state index is 4.12. The van der Waals surface area contributed by atoms with E-state index in [2.05, 4.69) is 24.5 Å². The third-order valence-electron chi connectivity index (χ3n) is 1.56. The molecule has 0 aromatic rings. The fourth-order valence-electron chi connectivity index (χ4n) is 0.704. The molecule has 0 rings (SSSR count). The third kappa shape index (κ3) is 6.63. The molecule has 0 heterocycles. The minimum Gasteiger partial charge on any atom is -0.663 e. The Bertz CT molecular complexity index is 60.6. The van der Waals surface area contributed by atoms with Gasteiger partial charge in [-0.05, 0) is 0 Å². The number of rotatable bonds is 4. The van der Waals surface area contributed by atoms with Crippen LogP contribution < -0.4 is 18.9 Å². The Labute approximate surface area is 76.3 Å². The van der Waals surface area contributed by atoms with E-state index in [1.807, 2.05) is 14.1 Å². The molecule has 0 spiro atoms. The van der Waals surface area contributed by atoms with Gasteiger partial charge in [0.25, 0.3) is 0 Å². The molecule has 2 atom stereocenters. The molecule has 0 aliphatic heterocycles. The van der Waals surface area contributed by atoms with E-state index in [0.717, 1.165) is 6.42 Å². The van der Waals surface area contributed by atoms with E-state index >= 15 is 0 Å². The second kappa shape index (κ2) is 7.62. The van der Waals surface area contributed by atoms with E-state index in [1.54, 1.807) is 0 Å². The molecule has 0 amide bonds. The number of hydrogen-bond acceptors (Lipinski definition) is 0. The number of hydrogen-bond donors (Lipinski definition) is 0. The van der Waals surface area contributed by atoms with Crippen LogP contribution in [0.2, 0.25) is 0 Å². The monoisotopic (exact) mass is 135 g/mol. The van der Waals surface area contributed by atoms with E-state index in [0.29, 0.717) is 12.1 Å². The molecule has 0 aromatic carbocycles. The fraction of sp³-hybridized carbons (Fsp3) is 1.00. The Hall–Kier alpha value is 0.517. The van der Waals surface area contributed by atoms with Gasteiger partial charge in [-0.15, -0.1) is 12.1 Å². The third-order valence-corrected chi connectivity index (χ3v) is 1.56. The summed E-state index contributed by atoms with van der Waals surface area (Å²) in [6.07, 6.45) is 1.08.